The first-order valence-electron chi connectivity index (χ1n) is 5.54. The zero-order valence-electron chi connectivity index (χ0n) is 9.92. The van der Waals surface area contributed by atoms with Gasteiger partial charge in [0.05, 0.1) is 0 Å². The molecule has 0 rings (SSSR count). The van der Waals surface area contributed by atoms with Crippen LogP contribution in [-0.2, 0) is 4.79 Å². The summed E-state index contributed by atoms with van der Waals surface area (Å²) in [5, 5.41) is 0. The monoisotopic (exact) mass is 200 g/mol. The van der Waals surface area contributed by atoms with Crippen LogP contribution in [0.25, 0.3) is 0 Å². The summed E-state index contributed by atoms with van der Waals surface area (Å²) >= 11 is 0. The number of nitrogens with two attached hydrogens (primary N) is 1. The van der Waals surface area contributed by atoms with Crippen LogP contribution in [0, 0.1) is 5.92 Å². The molecule has 0 spiro atoms. The van der Waals surface area contributed by atoms with Gasteiger partial charge in [-0.1, -0.05) is 20.8 Å². The molecule has 0 aliphatic heterocycles. The first kappa shape index (κ1) is 13.4. The number of carbonyl (C=O) groups excluding carboxylic acids is 1. The van der Waals surface area contributed by atoms with Crippen molar-refractivity contribution in [1.82, 2.24) is 4.90 Å². The van der Waals surface area contributed by atoms with Gasteiger partial charge in [0, 0.05) is 25.6 Å². The Bertz CT molecular complexity index is 169. The predicted octanol–water partition coefficient (Wildman–Crippen LogP) is 1.62. The minimum atomic E-state index is 0.0173. The third kappa shape index (κ3) is 5.22. The van der Waals surface area contributed by atoms with Crippen molar-refractivity contribution in [3.63, 3.8) is 0 Å². The molecule has 1 atom stereocenters. The molecule has 0 aromatic heterocycles. The lowest BCUT2D eigenvalue weighted by molar-refractivity contribution is -0.131. The summed E-state index contributed by atoms with van der Waals surface area (Å²) in [4.78, 5) is 13.6. The van der Waals surface area contributed by atoms with Gasteiger partial charge in [-0.2, -0.15) is 0 Å². The van der Waals surface area contributed by atoms with Crippen LogP contribution in [0.3, 0.4) is 0 Å². The molecule has 0 aromatic carbocycles. The lowest BCUT2D eigenvalue weighted by atomic mass is 10.1. The zero-order chi connectivity index (χ0) is 11.1. The molecule has 0 bridgehead atoms. The largest absolute Gasteiger partial charge is 0.343 e. The number of carbonyl (C=O) groups is 1. The smallest absolute Gasteiger partial charge is 0.224 e. The Morgan fingerprint density at radius 1 is 1.36 bits per heavy atom. The fraction of sp³-hybridized carbons (Fsp3) is 0.909. The second kappa shape index (κ2) is 6.82. The molecule has 0 saturated heterocycles. The van der Waals surface area contributed by atoms with E-state index in [1.54, 1.807) is 0 Å². The Morgan fingerprint density at radius 2 is 1.93 bits per heavy atom. The quantitative estimate of drug-likeness (QED) is 0.708. The van der Waals surface area contributed by atoms with E-state index in [0.717, 1.165) is 19.5 Å². The van der Waals surface area contributed by atoms with Gasteiger partial charge in [-0.3, -0.25) is 4.79 Å². The number of hydrogen-bond donors (Lipinski definition) is 1. The molecule has 3 heteroatoms. The Kier molecular flexibility index (Phi) is 6.54. The molecule has 2 N–H and O–H groups in total. The van der Waals surface area contributed by atoms with Crippen LogP contribution < -0.4 is 5.73 Å². The van der Waals surface area contributed by atoms with Crippen molar-refractivity contribution in [3.8, 4) is 0 Å². The number of nitrogens with zero attached hydrogens (tertiary/aromatic N) is 1. The van der Waals surface area contributed by atoms with Gasteiger partial charge in [-0.05, 0) is 19.3 Å². The minimum absolute atomic E-state index is 0.0173. The maximum atomic E-state index is 11.7. The molecule has 1 unspecified atom stereocenters. The second-order valence-corrected chi connectivity index (χ2v) is 4.20. The summed E-state index contributed by atoms with van der Waals surface area (Å²) in [7, 11) is 0. The standard InChI is InChI=1S/C11H24N2O/c1-5-10(12)7-11(14)13(6-2)8-9(3)4/h9-10H,5-8,12H2,1-4H3. The van der Waals surface area contributed by atoms with Crippen molar-refractivity contribution in [3.05, 3.63) is 0 Å². The molecule has 0 aliphatic rings. The summed E-state index contributed by atoms with van der Waals surface area (Å²) in [5.74, 6) is 0.715. The van der Waals surface area contributed by atoms with Crippen molar-refractivity contribution in [2.45, 2.75) is 46.6 Å². The molecule has 1 amide bonds. The molecule has 0 radical (unpaired) electrons. The number of hydrogen-bond acceptors (Lipinski definition) is 2. The van der Waals surface area contributed by atoms with Crippen LogP contribution >= 0.6 is 0 Å². The van der Waals surface area contributed by atoms with Gasteiger partial charge in [0.1, 0.15) is 0 Å². The summed E-state index contributed by atoms with van der Waals surface area (Å²) in [6.45, 7) is 9.89. The Morgan fingerprint density at radius 3 is 2.29 bits per heavy atom. The molecule has 3 nitrogen and oxygen atoms in total. The van der Waals surface area contributed by atoms with E-state index in [1.165, 1.54) is 0 Å². The molecular weight excluding hydrogens is 176 g/mol. The summed E-state index contributed by atoms with van der Waals surface area (Å²) in [6, 6.07) is 0.0173. The van der Waals surface area contributed by atoms with Gasteiger partial charge >= 0.3 is 0 Å². The third-order valence-corrected chi connectivity index (χ3v) is 2.28. The third-order valence-electron chi connectivity index (χ3n) is 2.28. The van der Waals surface area contributed by atoms with Crippen LogP contribution in [0.5, 0.6) is 0 Å². The summed E-state index contributed by atoms with van der Waals surface area (Å²) < 4.78 is 0. The highest BCUT2D eigenvalue weighted by atomic mass is 16.2. The maximum Gasteiger partial charge on any atom is 0.224 e. The molecule has 84 valence electrons. The molecule has 0 aromatic rings. The van der Waals surface area contributed by atoms with Gasteiger partial charge in [0.2, 0.25) is 5.91 Å². The van der Waals surface area contributed by atoms with Gasteiger partial charge in [-0.15, -0.1) is 0 Å². The maximum absolute atomic E-state index is 11.7. The topological polar surface area (TPSA) is 46.3 Å². The average molecular weight is 200 g/mol. The first-order valence-corrected chi connectivity index (χ1v) is 5.54. The van der Waals surface area contributed by atoms with Crippen molar-refractivity contribution < 1.29 is 4.79 Å². The van der Waals surface area contributed by atoms with Gasteiger partial charge in [-0.25, -0.2) is 0 Å². The Hall–Kier alpha value is -0.570. The van der Waals surface area contributed by atoms with E-state index in [4.69, 9.17) is 5.73 Å². The highest BCUT2D eigenvalue weighted by Crippen LogP contribution is 2.03. The van der Waals surface area contributed by atoms with E-state index in [1.807, 2.05) is 18.7 Å². The summed E-state index contributed by atoms with van der Waals surface area (Å²) in [6.07, 6.45) is 1.35. The van der Waals surface area contributed by atoms with Crippen LogP contribution in [0.4, 0.5) is 0 Å². The average Bonchev–Trinajstić information content (AvgIpc) is 2.13. The van der Waals surface area contributed by atoms with Gasteiger partial charge in [0.25, 0.3) is 0 Å². The van der Waals surface area contributed by atoms with E-state index in [9.17, 15) is 4.79 Å². The van der Waals surface area contributed by atoms with Crippen LogP contribution in [0.15, 0.2) is 0 Å². The van der Waals surface area contributed by atoms with Crippen molar-refractivity contribution in [1.29, 1.82) is 0 Å². The molecule has 0 saturated carbocycles. The van der Waals surface area contributed by atoms with E-state index in [0.29, 0.717) is 12.3 Å². The van der Waals surface area contributed by atoms with E-state index < -0.39 is 0 Å². The van der Waals surface area contributed by atoms with Crippen LogP contribution in [0.2, 0.25) is 0 Å². The molecule has 0 heterocycles. The first-order chi connectivity index (χ1) is 6.51. The van der Waals surface area contributed by atoms with Crippen molar-refractivity contribution >= 4 is 5.91 Å². The lowest BCUT2D eigenvalue weighted by Gasteiger charge is -2.24. The SMILES string of the molecule is CCC(N)CC(=O)N(CC)CC(C)C. The van der Waals surface area contributed by atoms with E-state index >= 15 is 0 Å². The second-order valence-electron chi connectivity index (χ2n) is 4.20. The van der Waals surface area contributed by atoms with Crippen LogP contribution in [0.1, 0.15) is 40.5 Å². The highest BCUT2D eigenvalue weighted by molar-refractivity contribution is 5.76. The zero-order valence-corrected chi connectivity index (χ0v) is 9.92. The Balaban J connectivity index is 4.04. The number of rotatable bonds is 6. The molecule has 0 aliphatic carbocycles. The highest BCUT2D eigenvalue weighted by Gasteiger charge is 2.15. The molecule has 14 heavy (non-hydrogen) atoms. The number of amides is 1. The summed E-state index contributed by atoms with van der Waals surface area (Å²) in [5.41, 5.74) is 5.75. The van der Waals surface area contributed by atoms with E-state index in [2.05, 4.69) is 13.8 Å². The van der Waals surface area contributed by atoms with Gasteiger partial charge in [0.15, 0.2) is 0 Å². The van der Waals surface area contributed by atoms with Gasteiger partial charge < -0.3 is 10.6 Å². The fourth-order valence-corrected chi connectivity index (χ4v) is 1.35. The van der Waals surface area contributed by atoms with Crippen molar-refractivity contribution in [2.24, 2.45) is 11.7 Å². The minimum Gasteiger partial charge on any atom is -0.343 e. The normalized spacial score (nSPS) is 13.0. The van der Waals surface area contributed by atoms with E-state index in [-0.39, 0.29) is 11.9 Å². The van der Waals surface area contributed by atoms with Crippen LogP contribution in [-0.4, -0.2) is 29.9 Å². The molecular formula is C11H24N2O. The Labute approximate surface area is 87.6 Å². The lowest BCUT2D eigenvalue weighted by Crippen LogP contribution is -2.37. The molecule has 0 fully saturated rings. The van der Waals surface area contributed by atoms with Crippen molar-refractivity contribution in [2.75, 3.05) is 13.1 Å². The fourth-order valence-electron chi connectivity index (χ4n) is 1.35. The predicted molar refractivity (Wildman–Crippen MR) is 60.0 cm³/mol.